The van der Waals surface area contributed by atoms with Crippen LogP contribution in [0.5, 0.6) is 0 Å². The molecule has 3 heterocycles. The second kappa shape index (κ2) is 10.1. The van der Waals surface area contributed by atoms with Gasteiger partial charge in [0.2, 0.25) is 0 Å². The van der Waals surface area contributed by atoms with Gasteiger partial charge in [-0.25, -0.2) is 4.68 Å². The molecule has 0 radical (unpaired) electrons. The van der Waals surface area contributed by atoms with Crippen molar-refractivity contribution in [2.24, 2.45) is 7.05 Å². The summed E-state index contributed by atoms with van der Waals surface area (Å²) in [5.74, 6) is 0.416. The highest BCUT2D eigenvalue weighted by molar-refractivity contribution is 5.95. The lowest BCUT2D eigenvalue weighted by atomic mass is 9.95. The molecule has 1 fully saturated rings. The Bertz CT molecular complexity index is 1390. The molecule has 1 saturated heterocycles. The van der Waals surface area contributed by atoms with Gasteiger partial charge in [0.15, 0.2) is 5.82 Å². The predicted octanol–water partition coefficient (Wildman–Crippen LogP) is 4.59. The number of nitrogens with zero attached hydrogens (tertiary/aromatic N) is 2. The third-order valence-electron chi connectivity index (χ3n) is 6.93. The maximum atomic E-state index is 13.3. The summed E-state index contributed by atoms with van der Waals surface area (Å²) in [6, 6.07) is 4.27. The van der Waals surface area contributed by atoms with Crippen LogP contribution >= 0.6 is 0 Å². The van der Waals surface area contributed by atoms with Crippen molar-refractivity contribution in [2.75, 3.05) is 11.9 Å². The molecule has 0 spiro atoms. The Morgan fingerprint density at radius 2 is 2.00 bits per heavy atom. The fourth-order valence-corrected chi connectivity index (χ4v) is 5.22. The highest BCUT2D eigenvalue weighted by atomic mass is 19.4. The molecule has 10 heteroatoms. The van der Waals surface area contributed by atoms with Crippen molar-refractivity contribution in [3.8, 4) is 0 Å². The number of aryl methyl sites for hydroxylation is 2. The zero-order valence-electron chi connectivity index (χ0n) is 21.0. The molecule has 0 amide bonds. The van der Waals surface area contributed by atoms with Crippen molar-refractivity contribution in [3.05, 3.63) is 66.9 Å². The summed E-state index contributed by atoms with van der Waals surface area (Å²) < 4.78 is 40.5. The fraction of sp³-hybridized carbons (Fsp3) is 0.500. The standard InChI is InChI=1S/C26H32F3N5O2/c1-5-8-19-20-22(21(24(35)32-19)18-11-7-12-30-18)25(36)34(4)33-23(20)31-15(3)17-10-6-9-16(14(17)2)13-26(27,28)29/h6,9-10,15,18,30H,5,7-8,11-13H2,1-4H3,(H,31,33)(H,32,35)/t15?,18-/m1/s1. The number of hydrogen-bond donors (Lipinski definition) is 3. The third-order valence-corrected chi connectivity index (χ3v) is 6.93. The van der Waals surface area contributed by atoms with Gasteiger partial charge in [0.1, 0.15) is 0 Å². The van der Waals surface area contributed by atoms with Crippen molar-refractivity contribution in [3.63, 3.8) is 0 Å². The molecule has 1 aliphatic heterocycles. The molecule has 3 aromatic rings. The summed E-state index contributed by atoms with van der Waals surface area (Å²) in [5.41, 5.74) is 1.91. The highest BCUT2D eigenvalue weighted by Gasteiger charge is 2.30. The van der Waals surface area contributed by atoms with Crippen molar-refractivity contribution in [1.29, 1.82) is 0 Å². The predicted molar refractivity (Wildman–Crippen MR) is 135 cm³/mol. The minimum absolute atomic E-state index is 0.220. The van der Waals surface area contributed by atoms with Crippen LogP contribution in [-0.4, -0.2) is 27.5 Å². The molecule has 1 aromatic carbocycles. The van der Waals surface area contributed by atoms with Gasteiger partial charge in [0.05, 0.1) is 23.2 Å². The van der Waals surface area contributed by atoms with Gasteiger partial charge >= 0.3 is 6.18 Å². The number of aromatic amines is 1. The maximum absolute atomic E-state index is 13.3. The van der Waals surface area contributed by atoms with Gasteiger partial charge in [-0.3, -0.25) is 9.59 Å². The first-order valence-corrected chi connectivity index (χ1v) is 12.3. The zero-order chi connectivity index (χ0) is 26.2. The van der Waals surface area contributed by atoms with Crippen molar-refractivity contribution in [1.82, 2.24) is 20.1 Å². The number of hydrogen-bond acceptors (Lipinski definition) is 5. The van der Waals surface area contributed by atoms with Crippen LogP contribution in [0.4, 0.5) is 19.0 Å². The average Bonchev–Trinajstić information content (AvgIpc) is 3.32. The van der Waals surface area contributed by atoms with Crippen LogP contribution in [0.3, 0.4) is 0 Å². The SMILES string of the molecule is CCCc1[nH]c(=O)c([C@H]2CCCN2)c2c(=O)n(C)nc(NC(C)c3cccc(CC(F)(F)F)c3C)c12. The lowest BCUT2D eigenvalue weighted by molar-refractivity contribution is -0.127. The fourth-order valence-electron chi connectivity index (χ4n) is 5.22. The summed E-state index contributed by atoms with van der Waals surface area (Å²) in [4.78, 5) is 29.5. The zero-order valence-corrected chi connectivity index (χ0v) is 21.0. The lowest BCUT2D eigenvalue weighted by Crippen LogP contribution is -2.31. The summed E-state index contributed by atoms with van der Waals surface area (Å²) in [5, 5.41) is 12.1. The van der Waals surface area contributed by atoms with E-state index in [4.69, 9.17) is 0 Å². The minimum Gasteiger partial charge on any atom is -0.362 e. The number of H-pyrrole nitrogens is 1. The van der Waals surface area contributed by atoms with E-state index in [0.717, 1.165) is 25.8 Å². The van der Waals surface area contributed by atoms with Crippen molar-refractivity contribution < 1.29 is 13.2 Å². The van der Waals surface area contributed by atoms with Crippen LogP contribution in [0.1, 0.15) is 73.1 Å². The number of nitrogens with one attached hydrogen (secondary N) is 3. The van der Waals surface area contributed by atoms with Gasteiger partial charge in [-0.2, -0.15) is 18.3 Å². The summed E-state index contributed by atoms with van der Waals surface area (Å²) >= 11 is 0. The monoisotopic (exact) mass is 503 g/mol. The first-order valence-electron chi connectivity index (χ1n) is 12.3. The van der Waals surface area contributed by atoms with Gasteiger partial charge in [0.25, 0.3) is 11.1 Å². The Morgan fingerprint density at radius 1 is 1.25 bits per heavy atom. The molecule has 2 aromatic heterocycles. The largest absolute Gasteiger partial charge is 0.393 e. The molecular weight excluding hydrogens is 471 g/mol. The number of pyridine rings is 1. The van der Waals surface area contributed by atoms with Crippen molar-refractivity contribution >= 4 is 16.6 Å². The average molecular weight is 504 g/mol. The Morgan fingerprint density at radius 3 is 2.64 bits per heavy atom. The molecule has 0 aliphatic carbocycles. The van der Waals surface area contributed by atoms with Crippen LogP contribution in [0, 0.1) is 6.92 Å². The number of benzene rings is 1. The van der Waals surface area contributed by atoms with E-state index in [9.17, 15) is 22.8 Å². The highest BCUT2D eigenvalue weighted by Crippen LogP contribution is 2.33. The number of rotatable bonds is 7. The third kappa shape index (κ3) is 5.04. The number of anilines is 1. The smallest absolute Gasteiger partial charge is 0.362 e. The van der Waals surface area contributed by atoms with E-state index in [1.165, 1.54) is 10.7 Å². The van der Waals surface area contributed by atoms with Crippen LogP contribution in [0.15, 0.2) is 27.8 Å². The Kier molecular flexibility index (Phi) is 7.26. The van der Waals surface area contributed by atoms with Gasteiger partial charge in [-0.1, -0.05) is 31.5 Å². The van der Waals surface area contributed by atoms with E-state index in [1.807, 2.05) is 13.8 Å². The maximum Gasteiger partial charge on any atom is 0.393 e. The molecule has 0 saturated carbocycles. The molecule has 2 atom stereocenters. The Labute approximate surface area is 207 Å². The van der Waals surface area contributed by atoms with Gasteiger partial charge in [-0.05, 0) is 56.3 Å². The molecule has 4 rings (SSSR count). The summed E-state index contributed by atoms with van der Waals surface area (Å²) in [6.45, 7) is 6.29. The van der Waals surface area contributed by atoms with Crippen LogP contribution in [-0.2, 0) is 19.9 Å². The van der Waals surface area contributed by atoms with Crippen molar-refractivity contribution in [2.45, 2.75) is 71.1 Å². The van der Waals surface area contributed by atoms with E-state index in [1.54, 1.807) is 26.1 Å². The van der Waals surface area contributed by atoms with E-state index >= 15 is 0 Å². The lowest BCUT2D eigenvalue weighted by Gasteiger charge is -2.22. The quantitative estimate of drug-likeness (QED) is 0.439. The van der Waals surface area contributed by atoms with Gasteiger partial charge in [-0.15, -0.1) is 0 Å². The first-order chi connectivity index (χ1) is 17.0. The van der Waals surface area contributed by atoms with Gasteiger partial charge < -0.3 is 15.6 Å². The molecule has 7 nitrogen and oxygen atoms in total. The summed E-state index contributed by atoms with van der Waals surface area (Å²) in [7, 11) is 1.54. The second-order valence-corrected chi connectivity index (χ2v) is 9.56. The van der Waals surface area contributed by atoms with E-state index < -0.39 is 18.6 Å². The topological polar surface area (TPSA) is 91.8 Å². The Hall–Kier alpha value is -3.14. The van der Waals surface area contributed by atoms with Gasteiger partial charge in [0, 0.05) is 24.3 Å². The molecule has 0 bridgehead atoms. The normalized spacial score (nSPS) is 17.0. The number of aromatic nitrogens is 3. The molecule has 36 heavy (non-hydrogen) atoms. The molecule has 1 aliphatic rings. The van der Waals surface area contributed by atoms with E-state index in [0.29, 0.717) is 45.4 Å². The van der Waals surface area contributed by atoms with Crippen LogP contribution in [0.25, 0.3) is 10.8 Å². The Balaban J connectivity index is 1.87. The molecule has 194 valence electrons. The van der Waals surface area contributed by atoms with Crippen LogP contribution in [0.2, 0.25) is 0 Å². The molecular formula is C26H32F3N5O2. The second-order valence-electron chi connectivity index (χ2n) is 9.56. The molecule has 3 N–H and O–H groups in total. The van der Waals surface area contributed by atoms with E-state index in [2.05, 4.69) is 20.7 Å². The number of fused-ring (bicyclic) bond motifs is 1. The number of halogens is 3. The van der Waals surface area contributed by atoms with Crippen LogP contribution < -0.4 is 21.8 Å². The molecule has 1 unspecified atom stereocenters. The minimum atomic E-state index is -4.30. The number of alkyl halides is 3. The summed E-state index contributed by atoms with van der Waals surface area (Å²) in [6.07, 6.45) is -2.36. The first kappa shape index (κ1) is 25.9. The van der Waals surface area contributed by atoms with E-state index in [-0.39, 0.29) is 22.7 Å².